The number of carbonyl (C=O) groups excluding carboxylic acids is 1. The van der Waals surface area contributed by atoms with Crippen molar-refractivity contribution in [3.05, 3.63) is 33.9 Å². The summed E-state index contributed by atoms with van der Waals surface area (Å²) in [5.41, 5.74) is 5.38. The van der Waals surface area contributed by atoms with Crippen LogP contribution in [0.4, 0.5) is 11.4 Å². The molecule has 0 fully saturated rings. The lowest BCUT2D eigenvalue weighted by atomic mass is 10.1. The summed E-state index contributed by atoms with van der Waals surface area (Å²) in [7, 11) is -1.06. The third-order valence-corrected chi connectivity index (χ3v) is 3.29. The van der Waals surface area contributed by atoms with Crippen molar-refractivity contribution in [3.8, 4) is 0 Å². The third-order valence-electron chi connectivity index (χ3n) is 2.32. The molecule has 1 amide bonds. The predicted octanol–water partition coefficient (Wildman–Crippen LogP) is 0.674. The van der Waals surface area contributed by atoms with Crippen LogP contribution in [0.3, 0.4) is 0 Å². The number of nitrogen functional groups attached to an aromatic ring is 1. The summed E-state index contributed by atoms with van der Waals surface area (Å²) in [6, 6.07) is 3.45. The molecule has 19 heavy (non-hydrogen) atoms. The Kier molecular flexibility index (Phi) is 4.99. The molecule has 0 bridgehead atoms. The molecule has 2 unspecified atom stereocenters. The molecule has 104 valence electrons. The van der Waals surface area contributed by atoms with Crippen LogP contribution in [0.15, 0.2) is 18.2 Å². The summed E-state index contributed by atoms with van der Waals surface area (Å²) in [6.07, 6.45) is 1.52. The van der Waals surface area contributed by atoms with E-state index in [9.17, 15) is 19.1 Å². The number of nitro groups is 1. The average Bonchev–Trinajstić information content (AvgIpc) is 2.26. The lowest BCUT2D eigenvalue weighted by molar-refractivity contribution is -0.385. The minimum Gasteiger partial charge on any atom is -0.399 e. The Bertz CT molecular complexity index is 533. The molecule has 0 aliphatic carbocycles. The zero-order valence-corrected chi connectivity index (χ0v) is 11.4. The Morgan fingerprint density at radius 1 is 1.58 bits per heavy atom. The SMILES string of the molecule is CC(CS(C)=O)NC(=O)c1cc(N)ccc1[N+](=O)[O-]. The van der Waals surface area contributed by atoms with Crippen LogP contribution in [0.25, 0.3) is 0 Å². The standard InChI is InChI=1S/C11H15N3O4S/c1-7(6-19(2)18)13-11(15)9-5-8(12)3-4-10(9)14(16)17/h3-5,7H,6,12H2,1-2H3,(H,13,15). The largest absolute Gasteiger partial charge is 0.399 e. The first kappa shape index (κ1) is 15.1. The van der Waals surface area contributed by atoms with E-state index in [-0.39, 0.29) is 28.7 Å². The van der Waals surface area contributed by atoms with Crippen LogP contribution in [0.5, 0.6) is 0 Å². The van der Waals surface area contributed by atoms with Crippen molar-refractivity contribution in [3.63, 3.8) is 0 Å². The number of carbonyl (C=O) groups is 1. The predicted molar refractivity (Wildman–Crippen MR) is 73.4 cm³/mol. The molecule has 2 atom stereocenters. The molecule has 0 heterocycles. The number of hydrogen-bond acceptors (Lipinski definition) is 5. The zero-order valence-electron chi connectivity index (χ0n) is 10.6. The van der Waals surface area contributed by atoms with Crippen LogP contribution in [0.2, 0.25) is 0 Å². The second-order valence-corrected chi connectivity index (χ2v) is 5.63. The van der Waals surface area contributed by atoms with Crippen LogP contribution in [-0.4, -0.2) is 33.1 Å². The maximum Gasteiger partial charge on any atom is 0.282 e. The van der Waals surface area contributed by atoms with Gasteiger partial charge in [-0.1, -0.05) is 0 Å². The molecule has 7 nitrogen and oxygen atoms in total. The number of hydrogen-bond donors (Lipinski definition) is 2. The van der Waals surface area contributed by atoms with Gasteiger partial charge in [0.25, 0.3) is 11.6 Å². The van der Waals surface area contributed by atoms with Gasteiger partial charge in [-0.3, -0.25) is 19.1 Å². The van der Waals surface area contributed by atoms with Crippen LogP contribution in [0.1, 0.15) is 17.3 Å². The number of nitrogens with one attached hydrogen (secondary N) is 1. The molecule has 3 N–H and O–H groups in total. The van der Waals surface area contributed by atoms with Crippen LogP contribution in [0, 0.1) is 10.1 Å². The fraction of sp³-hybridized carbons (Fsp3) is 0.364. The number of rotatable bonds is 5. The summed E-state index contributed by atoms with van der Waals surface area (Å²) in [5, 5.41) is 13.4. The summed E-state index contributed by atoms with van der Waals surface area (Å²) >= 11 is 0. The number of nitro benzene ring substituents is 1. The maximum atomic E-state index is 11.9. The van der Waals surface area contributed by atoms with E-state index in [4.69, 9.17) is 5.73 Å². The van der Waals surface area contributed by atoms with Gasteiger partial charge in [-0.15, -0.1) is 0 Å². The van der Waals surface area contributed by atoms with Crippen LogP contribution < -0.4 is 11.1 Å². The molecule has 0 aliphatic rings. The number of nitrogens with zero attached hydrogens (tertiary/aromatic N) is 1. The van der Waals surface area contributed by atoms with E-state index in [1.165, 1.54) is 24.5 Å². The van der Waals surface area contributed by atoms with E-state index in [2.05, 4.69) is 5.32 Å². The normalized spacial score (nSPS) is 13.6. The summed E-state index contributed by atoms with van der Waals surface area (Å²) in [6.45, 7) is 1.68. The van der Waals surface area contributed by atoms with Crippen molar-refractivity contribution in [1.82, 2.24) is 5.32 Å². The first-order valence-corrected chi connectivity index (χ1v) is 7.18. The minimum absolute atomic E-state index is 0.0984. The molecule has 0 saturated carbocycles. The van der Waals surface area contributed by atoms with Crippen LogP contribution in [-0.2, 0) is 10.8 Å². The van der Waals surface area contributed by atoms with E-state index in [0.29, 0.717) is 0 Å². The van der Waals surface area contributed by atoms with Gasteiger partial charge in [0.15, 0.2) is 0 Å². The molecule has 1 rings (SSSR count). The molecular weight excluding hydrogens is 270 g/mol. The van der Waals surface area contributed by atoms with Gasteiger partial charge in [-0.05, 0) is 19.1 Å². The molecule has 0 spiro atoms. The van der Waals surface area contributed by atoms with Crippen molar-refractivity contribution >= 4 is 28.1 Å². The Hall–Kier alpha value is -1.96. The third kappa shape index (κ3) is 4.32. The topological polar surface area (TPSA) is 115 Å². The highest BCUT2D eigenvalue weighted by atomic mass is 32.2. The number of amides is 1. The van der Waals surface area contributed by atoms with Gasteiger partial charge >= 0.3 is 0 Å². The quantitative estimate of drug-likeness (QED) is 0.469. The molecular formula is C11H15N3O4S. The molecule has 1 aromatic rings. The smallest absolute Gasteiger partial charge is 0.282 e. The highest BCUT2D eigenvalue weighted by Gasteiger charge is 2.21. The van der Waals surface area contributed by atoms with E-state index in [1.807, 2.05) is 0 Å². The fourth-order valence-electron chi connectivity index (χ4n) is 1.59. The van der Waals surface area contributed by atoms with Gasteiger partial charge < -0.3 is 11.1 Å². The van der Waals surface area contributed by atoms with E-state index >= 15 is 0 Å². The molecule has 8 heteroatoms. The number of nitrogens with two attached hydrogens (primary N) is 1. The molecule has 0 aromatic heterocycles. The Balaban J connectivity index is 2.95. The average molecular weight is 285 g/mol. The summed E-state index contributed by atoms with van der Waals surface area (Å²) in [5.74, 6) is -0.320. The second-order valence-electron chi connectivity index (χ2n) is 4.15. The highest BCUT2D eigenvalue weighted by Crippen LogP contribution is 2.21. The molecule has 0 aliphatic heterocycles. The molecule has 1 aromatic carbocycles. The summed E-state index contributed by atoms with van der Waals surface area (Å²) < 4.78 is 11.0. The lowest BCUT2D eigenvalue weighted by Crippen LogP contribution is -2.36. The number of anilines is 1. The van der Waals surface area contributed by atoms with Gasteiger partial charge in [0.1, 0.15) is 5.56 Å². The van der Waals surface area contributed by atoms with Gasteiger partial charge in [-0.25, -0.2) is 0 Å². The zero-order chi connectivity index (χ0) is 14.6. The van der Waals surface area contributed by atoms with Crippen molar-refractivity contribution in [2.45, 2.75) is 13.0 Å². The van der Waals surface area contributed by atoms with Gasteiger partial charge in [0.2, 0.25) is 0 Å². The Morgan fingerprint density at radius 3 is 2.74 bits per heavy atom. The van der Waals surface area contributed by atoms with E-state index < -0.39 is 21.6 Å². The second kappa shape index (κ2) is 6.28. The maximum absolute atomic E-state index is 11.9. The monoisotopic (exact) mass is 285 g/mol. The van der Waals surface area contributed by atoms with E-state index in [1.54, 1.807) is 6.92 Å². The minimum atomic E-state index is -1.06. The van der Waals surface area contributed by atoms with Crippen molar-refractivity contribution in [2.24, 2.45) is 0 Å². The van der Waals surface area contributed by atoms with Gasteiger partial charge in [0, 0.05) is 40.6 Å². The first-order chi connectivity index (χ1) is 8.81. The Labute approximate surface area is 112 Å². The van der Waals surface area contributed by atoms with Crippen LogP contribution >= 0.6 is 0 Å². The van der Waals surface area contributed by atoms with Gasteiger partial charge in [-0.2, -0.15) is 0 Å². The molecule has 0 saturated heterocycles. The first-order valence-electron chi connectivity index (χ1n) is 5.46. The van der Waals surface area contributed by atoms with Crippen molar-refractivity contribution in [2.75, 3.05) is 17.7 Å². The lowest BCUT2D eigenvalue weighted by Gasteiger charge is -2.12. The van der Waals surface area contributed by atoms with Crippen molar-refractivity contribution < 1.29 is 13.9 Å². The fourth-order valence-corrected chi connectivity index (χ4v) is 2.38. The summed E-state index contributed by atoms with van der Waals surface area (Å²) in [4.78, 5) is 22.1. The van der Waals surface area contributed by atoms with Gasteiger partial charge in [0.05, 0.1) is 4.92 Å². The van der Waals surface area contributed by atoms with Crippen molar-refractivity contribution in [1.29, 1.82) is 0 Å². The number of benzene rings is 1. The van der Waals surface area contributed by atoms with E-state index in [0.717, 1.165) is 0 Å². The highest BCUT2D eigenvalue weighted by molar-refractivity contribution is 7.84. The Morgan fingerprint density at radius 2 is 2.21 bits per heavy atom. The molecule has 0 radical (unpaired) electrons.